The largest absolute Gasteiger partial charge is 0.484 e. The summed E-state index contributed by atoms with van der Waals surface area (Å²) in [5.41, 5.74) is 1.94. The molecule has 5 heteroatoms. The number of hydrogen-bond donors (Lipinski definition) is 1. The van der Waals surface area contributed by atoms with Crippen LogP contribution in [0.2, 0.25) is 0 Å². The number of carbonyl (C=O) groups is 1. The van der Waals surface area contributed by atoms with E-state index in [9.17, 15) is 4.79 Å². The minimum atomic E-state index is 0.0126. The second-order valence-corrected chi connectivity index (χ2v) is 7.37. The third kappa shape index (κ3) is 4.56. The predicted octanol–water partition coefficient (Wildman–Crippen LogP) is 2.02. The van der Waals surface area contributed by atoms with Gasteiger partial charge in [-0.05, 0) is 35.0 Å². The van der Waals surface area contributed by atoms with Crippen LogP contribution in [0.15, 0.2) is 66.7 Å². The molecule has 29 heavy (non-hydrogen) atoms. The number of rotatable bonds is 5. The van der Waals surface area contributed by atoms with E-state index in [1.165, 1.54) is 21.2 Å². The van der Waals surface area contributed by atoms with Crippen LogP contribution in [0.5, 0.6) is 5.75 Å². The van der Waals surface area contributed by atoms with E-state index in [-0.39, 0.29) is 12.5 Å². The Morgan fingerprint density at radius 1 is 1.00 bits per heavy atom. The summed E-state index contributed by atoms with van der Waals surface area (Å²) in [7, 11) is 0. The molecule has 1 saturated heterocycles. The quantitative estimate of drug-likeness (QED) is 0.730. The summed E-state index contributed by atoms with van der Waals surface area (Å²) < 4.78 is 5.58. The van der Waals surface area contributed by atoms with Crippen LogP contribution in [0.4, 0.5) is 0 Å². The summed E-state index contributed by atoms with van der Waals surface area (Å²) in [5.74, 6) is 0.621. The van der Waals surface area contributed by atoms with Crippen LogP contribution in [0.25, 0.3) is 10.8 Å². The summed E-state index contributed by atoms with van der Waals surface area (Å²) in [5, 5.41) is 11.4. The van der Waals surface area contributed by atoms with Crippen LogP contribution in [-0.4, -0.2) is 43.6 Å². The van der Waals surface area contributed by atoms with E-state index in [2.05, 4.69) is 48.5 Å². The van der Waals surface area contributed by atoms with Crippen molar-refractivity contribution in [1.29, 1.82) is 5.26 Å². The van der Waals surface area contributed by atoms with E-state index < -0.39 is 0 Å². The highest BCUT2D eigenvalue weighted by Gasteiger charge is 2.24. The molecule has 3 aromatic carbocycles. The number of nitrogens with zero attached hydrogens (tertiary/aromatic N) is 2. The molecule has 3 aromatic rings. The molecule has 0 aliphatic carbocycles. The highest BCUT2D eigenvalue weighted by molar-refractivity contribution is 5.85. The Hall–Kier alpha value is -3.36. The van der Waals surface area contributed by atoms with E-state index >= 15 is 0 Å². The Morgan fingerprint density at radius 3 is 2.48 bits per heavy atom. The van der Waals surface area contributed by atoms with Gasteiger partial charge in [0.2, 0.25) is 0 Å². The smallest absolute Gasteiger partial charge is 0.260 e. The highest BCUT2D eigenvalue weighted by atomic mass is 16.5. The molecule has 0 bridgehead atoms. The van der Waals surface area contributed by atoms with Crippen molar-refractivity contribution in [2.24, 2.45) is 0 Å². The highest BCUT2D eigenvalue weighted by Crippen LogP contribution is 2.17. The van der Waals surface area contributed by atoms with Gasteiger partial charge in [-0.1, -0.05) is 42.5 Å². The lowest BCUT2D eigenvalue weighted by atomic mass is 10.0. The van der Waals surface area contributed by atoms with Crippen LogP contribution < -0.4 is 9.64 Å². The number of quaternary nitrogens is 1. The lowest BCUT2D eigenvalue weighted by molar-refractivity contribution is -0.917. The third-order valence-electron chi connectivity index (χ3n) is 5.49. The summed E-state index contributed by atoms with van der Waals surface area (Å²) in [4.78, 5) is 15.9. The Morgan fingerprint density at radius 2 is 1.72 bits per heavy atom. The average molecular weight is 386 g/mol. The fourth-order valence-electron chi connectivity index (χ4n) is 3.83. The topological polar surface area (TPSA) is 57.8 Å². The van der Waals surface area contributed by atoms with Crippen LogP contribution in [0.1, 0.15) is 11.1 Å². The van der Waals surface area contributed by atoms with Crippen molar-refractivity contribution in [3.8, 4) is 11.8 Å². The molecular weight excluding hydrogens is 362 g/mol. The maximum atomic E-state index is 12.5. The van der Waals surface area contributed by atoms with Crippen molar-refractivity contribution in [3.63, 3.8) is 0 Å². The van der Waals surface area contributed by atoms with Crippen LogP contribution >= 0.6 is 0 Å². The van der Waals surface area contributed by atoms with Gasteiger partial charge in [-0.2, -0.15) is 5.26 Å². The molecule has 4 rings (SSSR count). The summed E-state index contributed by atoms with van der Waals surface area (Å²) >= 11 is 0. The molecule has 1 amide bonds. The number of carbonyl (C=O) groups excluding carboxylic acids is 1. The first-order valence-electron chi connectivity index (χ1n) is 9.94. The monoisotopic (exact) mass is 386 g/mol. The molecule has 0 saturated carbocycles. The zero-order valence-electron chi connectivity index (χ0n) is 16.3. The first kappa shape index (κ1) is 19.0. The maximum absolute atomic E-state index is 12.5. The maximum Gasteiger partial charge on any atom is 0.260 e. The lowest BCUT2D eigenvalue weighted by Gasteiger charge is -2.32. The molecule has 5 nitrogen and oxygen atoms in total. The molecule has 0 atom stereocenters. The van der Waals surface area contributed by atoms with Crippen molar-refractivity contribution in [2.75, 3.05) is 32.8 Å². The Balaban J connectivity index is 1.28. The standard InChI is InChI=1S/C24H23N3O2/c25-16-19-8-10-22(11-9-19)29-18-24(28)27-14-12-26(13-15-27)17-21-6-3-5-20-4-1-2-7-23(20)21/h1-11H,12-15,17-18H2/p+1. The van der Waals surface area contributed by atoms with E-state index in [1.54, 1.807) is 24.3 Å². The fraction of sp³-hybridized carbons (Fsp3) is 0.250. The Kier molecular flexibility index (Phi) is 5.73. The SMILES string of the molecule is N#Cc1ccc(OCC(=O)N2CC[NH+](Cc3cccc4ccccc34)CC2)cc1. The first-order valence-corrected chi connectivity index (χ1v) is 9.94. The number of ether oxygens (including phenoxy) is 1. The second kappa shape index (κ2) is 8.76. The normalized spacial score (nSPS) is 14.5. The van der Waals surface area contributed by atoms with Crippen molar-refractivity contribution < 1.29 is 14.4 Å². The zero-order valence-corrected chi connectivity index (χ0v) is 16.3. The van der Waals surface area contributed by atoms with Crippen LogP contribution in [0.3, 0.4) is 0 Å². The average Bonchev–Trinajstić information content (AvgIpc) is 2.78. The van der Waals surface area contributed by atoms with Crippen molar-refractivity contribution >= 4 is 16.7 Å². The van der Waals surface area contributed by atoms with E-state index in [0.29, 0.717) is 11.3 Å². The Bertz CT molecular complexity index is 1030. The van der Waals surface area contributed by atoms with Gasteiger partial charge in [-0.25, -0.2) is 0 Å². The summed E-state index contributed by atoms with van der Waals surface area (Å²) in [6, 6.07) is 23.9. The predicted molar refractivity (Wildman–Crippen MR) is 112 cm³/mol. The molecule has 1 aliphatic rings. The minimum Gasteiger partial charge on any atom is -0.484 e. The van der Waals surface area contributed by atoms with Crippen molar-refractivity contribution in [1.82, 2.24) is 4.90 Å². The molecule has 1 fully saturated rings. The van der Waals surface area contributed by atoms with E-state index in [0.717, 1.165) is 32.7 Å². The second-order valence-electron chi connectivity index (χ2n) is 7.37. The molecule has 146 valence electrons. The number of nitriles is 1. The molecule has 0 aromatic heterocycles. The van der Waals surface area contributed by atoms with Gasteiger partial charge in [-0.15, -0.1) is 0 Å². The number of piperazine rings is 1. The number of hydrogen-bond acceptors (Lipinski definition) is 3. The van der Waals surface area contributed by atoms with E-state index in [4.69, 9.17) is 10.00 Å². The first-order chi connectivity index (χ1) is 14.2. The van der Waals surface area contributed by atoms with Crippen LogP contribution in [-0.2, 0) is 11.3 Å². The zero-order chi connectivity index (χ0) is 20.1. The lowest BCUT2D eigenvalue weighted by Crippen LogP contribution is -3.13. The van der Waals surface area contributed by atoms with Crippen LogP contribution in [0, 0.1) is 11.3 Å². The number of nitrogens with one attached hydrogen (secondary N) is 1. The van der Waals surface area contributed by atoms with E-state index in [1.807, 2.05) is 4.90 Å². The van der Waals surface area contributed by atoms with Crippen molar-refractivity contribution in [3.05, 3.63) is 77.9 Å². The molecule has 1 aliphatic heterocycles. The molecule has 0 radical (unpaired) electrons. The molecular formula is C24H24N3O2+. The Labute approximate surface area is 170 Å². The van der Waals surface area contributed by atoms with Gasteiger partial charge in [0.05, 0.1) is 37.8 Å². The van der Waals surface area contributed by atoms with Gasteiger partial charge in [-0.3, -0.25) is 4.79 Å². The number of amides is 1. The fourth-order valence-corrected chi connectivity index (χ4v) is 3.83. The minimum absolute atomic E-state index is 0.0126. The van der Waals surface area contributed by atoms with Gasteiger partial charge in [0.25, 0.3) is 5.91 Å². The van der Waals surface area contributed by atoms with Crippen molar-refractivity contribution in [2.45, 2.75) is 6.54 Å². The molecule has 1 N–H and O–H groups in total. The van der Waals surface area contributed by atoms with Gasteiger partial charge in [0.15, 0.2) is 6.61 Å². The molecule has 0 spiro atoms. The number of benzene rings is 3. The van der Waals surface area contributed by atoms with Gasteiger partial charge in [0.1, 0.15) is 12.3 Å². The number of fused-ring (bicyclic) bond motifs is 1. The molecule has 0 unspecified atom stereocenters. The van der Waals surface area contributed by atoms with Gasteiger partial charge >= 0.3 is 0 Å². The third-order valence-corrected chi connectivity index (χ3v) is 5.49. The summed E-state index contributed by atoms with van der Waals surface area (Å²) in [6.07, 6.45) is 0. The summed E-state index contributed by atoms with van der Waals surface area (Å²) in [6.45, 7) is 4.37. The van der Waals surface area contributed by atoms with Gasteiger partial charge in [0, 0.05) is 5.56 Å². The molecule has 1 heterocycles. The van der Waals surface area contributed by atoms with Gasteiger partial charge < -0.3 is 14.5 Å².